The Hall–Kier alpha value is -2.49. The van der Waals surface area contributed by atoms with Crippen molar-refractivity contribution in [1.82, 2.24) is 19.1 Å². The van der Waals surface area contributed by atoms with Crippen molar-refractivity contribution in [3.05, 3.63) is 51.8 Å². The molecule has 11 heteroatoms. The van der Waals surface area contributed by atoms with E-state index in [-0.39, 0.29) is 22.7 Å². The van der Waals surface area contributed by atoms with Crippen LogP contribution in [0.15, 0.2) is 35.4 Å². The van der Waals surface area contributed by atoms with Crippen molar-refractivity contribution < 1.29 is 22.0 Å². The molecular weight excluding hydrogens is 407 g/mol. The van der Waals surface area contributed by atoms with E-state index >= 15 is 0 Å². The Bertz CT molecular complexity index is 1060. The van der Waals surface area contributed by atoms with Gasteiger partial charge in [-0.1, -0.05) is 11.6 Å². The molecule has 0 N–H and O–H groups in total. The van der Waals surface area contributed by atoms with E-state index in [0.717, 1.165) is 4.57 Å². The molecule has 2 heterocycles. The monoisotopic (exact) mass is 420 g/mol. The van der Waals surface area contributed by atoms with Gasteiger partial charge in [-0.25, -0.2) is 18.7 Å². The summed E-state index contributed by atoms with van der Waals surface area (Å²) in [6.45, 7) is -2.23. The van der Waals surface area contributed by atoms with Gasteiger partial charge in [0.1, 0.15) is 12.5 Å². The number of aromatic nitrogens is 4. The summed E-state index contributed by atoms with van der Waals surface area (Å²) in [5.41, 5.74) is -4.28. The van der Waals surface area contributed by atoms with Crippen LogP contribution in [-0.2, 0) is 13.5 Å². The molecule has 5 nitrogen and oxygen atoms in total. The van der Waals surface area contributed by atoms with Gasteiger partial charge in [-0.15, -0.1) is 0 Å². The molecule has 28 heavy (non-hydrogen) atoms. The van der Waals surface area contributed by atoms with Gasteiger partial charge >= 0.3 is 6.18 Å². The molecule has 3 aromatic rings. The fourth-order valence-corrected chi connectivity index (χ4v) is 2.85. The standard InChI is InChI=1S/C17H14ClF5N4O/c1-26-9-24-13-14(26)25-12(6-7-16(20,8-19)17(21,22)23)27(15(13)28)11-4-2-10(18)3-5-11/h2-5,9H,6-8H2,1H3. The van der Waals surface area contributed by atoms with Gasteiger partial charge in [-0.05, 0) is 24.3 Å². The van der Waals surface area contributed by atoms with Crippen LogP contribution in [0.2, 0.25) is 5.02 Å². The zero-order valence-electron chi connectivity index (χ0n) is 14.5. The Morgan fingerprint density at radius 3 is 2.36 bits per heavy atom. The molecule has 1 unspecified atom stereocenters. The summed E-state index contributed by atoms with van der Waals surface area (Å²) in [4.78, 5) is 21.0. The molecule has 0 aliphatic heterocycles. The number of hydrogen-bond donors (Lipinski definition) is 0. The Balaban J connectivity index is 2.14. The molecular formula is C17H14ClF5N4O. The van der Waals surface area contributed by atoms with Crippen LogP contribution < -0.4 is 5.56 Å². The minimum atomic E-state index is -5.39. The average molecular weight is 421 g/mol. The van der Waals surface area contributed by atoms with Crippen molar-refractivity contribution in [3.63, 3.8) is 0 Å². The van der Waals surface area contributed by atoms with Gasteiger partial charge in [0, 0.05) is 24.9 Å². The number of hydrogen-bond acceptors (Lipinski definition) is 3. The molecule has 0 radical (unpaired) electrons. The largest absolute Gasteiger partial charge is 0.425 e. The van der Waals surface area contributed by atoms with Crippen LogP contribution in [0.1, 0.15) is 12.2 Å². The molecule has 2 aromatic heterocycles. The van der Waals surface area contributed by atoms with E-state index in [9.17, 15) is 26.7 Å². The Morgan fingerprint density at radius 1 is 1.14 bits per heavy atom. The van der Waals surface area contributed by atoms with Crippen molar-refractivity contribution in [2.45, 2.75) is 24.7 Å². The fourth-order valence-electron chi connectivity index (χ4n) is 2.72. The number of aryl methyl sites for hydroxylation is 2. The third kappa shape index (κ3) is 3.48. The topological polar surface area (TPSA) is 52.7 Å². The first kappa shape index (κ1) is 20.2. The molecule has 1 aromatic carbocycles. The molecule has 3 rings (SSSR count). The summed E-state index contributed by atoms with van der Waals surface area (Å²) in [6, 6.07) is 5.88. The summed E-state index contributed by atoms with van der Waals surface area (Å²) in [5, 5.41) is 0.377. The number of imidazole rings is 1. The first-order valence-corrected chi connectivity index (χ1v) is 8.46. The second-order valence-electron chi connectivity index (χ2n) is 6.27. The van der Waals surface area contributed by atoms with E-state index in [1.807, 2.05) is 0 Å². The molecule has 0 saturated heterocycles. The normalized spacial score (nSPS) is 14.4. The summed E-state index contributed by atoms with van der Waals surface area (Å²) in [6.07, 6.45) is -5.91. The number of fused-ring (bicyclic) bond motifs is 1. The smallest absolute Gasteiger partial charge is 0.318 e. The number of halogens is 6. The Morgan fingerprint density at radius 2 is 1.79 bits per heavy atom. The second kappa shape index (κ2) is 7.16. The van der Waals surface area contributed by atoms with Crippen LogP contribution in [0.25, 0.3) is 16.9 Å². The van der Waals surface area contributed by atoms with E-state index in [0.29, 0.717) is 5.02 Å². The van der Waals surface area contributed by atoms with Crippen LogP contribution >= 0.6 is 11.6 Å². The van der Waals surface area contributed by atoms with Crippen LogP contribution in [0.5, 0.6) is 0 Å². The van der Waals surface area contributed by atoms with Crippen LogP contribution in [-0.4, -0.2) is 37.6 Å². The van der Waals surface area contributed by atoms with Crippen molar-refractivity contribution in [2.75, 3.05) is 6.67 Å². The summed E-state index contributed by atoms with van der Waals surface area (Å²) < 4.78 is 68.0. The summed E-state index contributed by atoms with van der Waals surface area (Å²) >= 11 is 5.83. The Labute approximate surface area is 160 Å². The van der Waals surface area contributed by atoms with Gasteiger partial charge in [-0.2, -0.15) is 13.2 Å². The number of rotatable bonds is 5. The Kier molecular flexibility index (Phi) is 5.18. The van der Waals surface area contributed by atoms with E-state index in [1.165, 1.54) is 35.2 Å². The zero-order chi connectivity index (χ0) is 20.7. The minimum Gasteiger partial charge on any atom is -0.318 e. The second-order valence-corrected chi connectivity index (χ2v) is 6.71. The number of alkyl halides is 5. The van der Waals surface area contributed by atoms with Gasteiger partial charge in [0.2, 0.25) is 5.67 Å². The van der Waals surface area contributed by atoms with E-state index < -0.39 is 36.9 Å². The fraction of sp³-hybridized carbons (Fsp3) is 0.353. The highest BCUT2D eigenvalue weighted by Crippen LogP contribution is 2.38. The number of benzene rings is 1. The van der Waals surface area contributed by atoms with Gasteiger partial charge in [0.05, 0.1) is 12.0 Å². The maximum Gasteiger partial charge on any atom is 0.425 e. The highest BCUT2D eigenvalue weighted by atomic mass is 35.5. The van der Waals surface area contributed by atoms with E-state index in [4.69, 9.17) is 11.6 Å². The molecule has 0 bridgehead atoms. The summed E-state index contributed by atoms with van der Waals surface area (Å²) in [5.74, 6) is -0.150. The molecule has 0 spiro atoms. The molecule has 1 atom stereocenters. The molecule has 0 amide bonds. The third-order valence-corrected chi connectivity index (χ3v) is 4.61. The quantitative estimate of drug-likeness (QED) is 0.587. The number of nitrogens with zero attached hydrogens (tertiary/aromatic N) is 4. The van der Waals surface area contributed by atoms with Crippen LogP contribution in [0, 0.1) is 0 Å². The summed E-state index contributed by atoms with van der Waals surface area (Å²) in [7, 11) is 1.55. The molecule has 0 fully saturated rings. The maximum absolute atomic E-state index is 14.1. The third-order valence-electron chi connectivity index (χ3n) is 4.35. The van der Waals surface area contributed by atoms with Crippen molar-refractivity contribution >= 4 is 22.8 Å². The highest BCUT2D eigenvalue weighted by molar-refractivity contribution is 6.30. The molecule has 0 saturated carbocycles. The van der Waals surface area contributed by atoms with Gasteiger partial charge in [0.25, 0.3) is 5.56 Å². The van der Waals surface area contributed by atoms with Crippen molar-refractivity contribution in [3.8, 4) is 5.69 Å². The predicted molar refractivity (Wildman–Crippen MR) is 93.3 cm³/mol. The van der Waals surface area contributed by atoms with Crippen molar-refractivity contribution in [1.29, 1.82) is 0 Å². The minimum absolute atomic E-state index is 0.00553. The van der Waals surface area contributed by atoms with Crippen LogP contribution in [0.4, 0.5) is 22.0 Å². The molecule has 0 aliphatic carbocycles. The van der Waals surface area contributed by atoms with Crippen LogP contribution in [0.3, 0.4) is 0 Å². The van der Waals surface area contributed by atoms with Gasteiger partial charge < -0.3 is 4.57 Å². The van der Waals surface area contributed by atoms with E-state index in [2.05, 4.69) is 9.97 Å². The van der Waals surface area contributed by atoms with Crippen molar-refractivity contribution in [2.24, 2.45) is 7.05 Å². The van der Waals surface area contributed by atoms with E-state index in [1.54, 1.807) is 7.05 Å². The SMILES string of the molecule is Cn1cnc2c(=O)n(-c3ccc(Cl)cc3)c(CCC(F)(CF)C(F)(F)F)nc21. The maximum atomic E-state index is 14.1. The lowest BCUT2D eigenvalue weighted by molar-refractivity contribution is -0.237. The lowest BCUT2D eigenvalue weighted by Crippen LogP contribution is -2.43. The lowest BCUT2D eigenvalue weighted by Gasteiger charge is -2.25. The molecule has 0 aliphatic rings. The lowest BCUT2D eigenvalue weighted by atomic mass is 10.00. The predicted octanol–water partition coefficient (Wildman–Crippen LogP) is 3.95. The highest BCUT2D eigenvalue weighted by Gasteiger charge is 2.55. The van der Waals surface area contributed by atoms with Gasteiger partial charge in [0.15, 0.2) is 11.2 Å². The zero-order valence-corrected chi connectivity index (χ0v) is 15.2. The first-order chi connectivity index (χ1) is 13.1. The average Bonchev–Trinajstić information content (AvgIpc) is 3.01. The molecule has 150 valence electrons. The van der Waals surface area contributed by atoms with Gasteiger partial charge in [-0.3, -0.25) is 9.36 Å². The first-order valence-electron chi connectivity index (χ1n) is 8.08.